The van der Waals surface area contributed by atoms with Crippen LogP contribution in [0.15, 0.2) is 12.3 Å². The molecule has 0 aliphatic carbocycles. The van der Waals surface area contributed by atoms with Crippen molar-refractivity contribution in [2.24, 2.45) is 23.7 Å². The molecule has 0 aliphatic rings. The summed E-state index contributed by atoms with van der Waals surface area (Å²) in [4.78, 5) is 0. The van der Waals surface area contributed by atoms with Gasteiger partial charge in [-0.3, -0.25) is 0 Å². The first-order valence-corrected chi connectivity index (χ1v) is 6.83. The second kappa shape index (κ2) is 7.76. The van der Waals surface area contributed by atoms with Crippen LogP contribution in [0.1, 0.15) is 53.9 Å². The van der Waals surface area contributed by atoms with E-state index in [4.69, 9.17) is 0 Å². The molecule has 16 heavy (non-hydrogen) atoms. The highest BCUT2D eigenvalue weighted by molar-refractivity contribution is 4.92. The molecule has 0 aromatic rings. The largest absolute Gasteiger partial charge is 0.392 e. The maximum atomic E-state index is 4.03. The minimum Gasteiger partial charge on any atom is -0.392 e. The lowest BCUT2D eigenvalue weighted by Gasteiger charge is -2.32. The lowest BCUT2D eigenvalue weighted by atomic mass is 9.74. The summed E-state index contributed by atoms with van der Waals surface area (Å²) in [5.41, 5.74) is 1.16. The molecule has 0 radical (unpaired) electrons. The fourth-order valence-corrected chi connectivity index (χ4v) is 2.66. The van der Waals surface area contributed by atoms with E-state index in [0.717, 1.165) is 35.8 Å². The topological polar surface area (TPSA) is 12.0 Å². The molecule has 1 N–H and O–H groups in total. The lowest BCUT2D eigenvalue weighted by molar-refractivity contribution is 0.191. The van der Waals surface area contributed by atoms with E-state index in [1.54, 1.807) is 0 Å². The molecule has 3 atom stereocenters. The molecule has 0 aromatic heterocycles. The monoisotopic (exact) mass is 225 g/mol. The summed E-state index contributed by atoms with van der Waals surface area (Å²) in [5.74, 6) is 3.18. The first-order valence-electron chi connectivity index (χ1n) is 6.83. The first-order chi connectivity index (χ1) is 7.47. The highest BCUT2D eigenvalue weighted by atomic mass is 14.8. The van der Waals surface area contributed by atoms with Gasteiger partial charge in [0.05, 0.1) is 0 Å². The third kappa shape index (κ3) is 4.59. The second-order valence-corrected chi connectivity index (χ2v) is 5.33. The van der Waals surface area contributed by atoms with Crippen molar-refractivity contribution in [3.63, 3.8) is 0 Å². The predicted octanol–water partition coefficient (Wildman–Crippen LogP) is 4.45. The van der Waals surface area contributed by atoms with Crippen molar-refractivity contribution in [2.45, 2.75) is 53.9 Å². The third-order valence-corrected chi connectivity index (χ3v) is 4.44. The van der Waals surface area contributed by atoms with E-state index >= 15 is 0 Å². The number of hydrogen-bond acceptors (Lipinski definition) is 1. The van der Waals surface area contributed by atoms with E-state index in [9.17, 15) is 0 Å². The van der Waals surface area contributed by atoms with Gasteiger partial charge in [-0.2, -0.15) is 0 Å². The van der Waals surface area contributed by atoms with E-state index < -0.39 is 0 Å². The van der Waals surface area contributed by atoms with Crippen molar-refractivity contribution in [1.29, 1.82) is 0 Å². The molecule has 0 saturated heterocycles. The van der Waals surface area contributed by atoms with Gasteiger partial charge in [0.15, 0.2) is 0 Å². The number of allylic oxidation sites excluding steroid dienone is 1. The van der Waals surface area contributed by atoms with E-state index in [1.165, 1.54) is 12.8 Å². The van der Waals surface area contributed by atoms with E-state index in [1.807, 2.05) is 7.05 Å². The molecule has 1 heteroatoms. The molecule has 0 rings (SSSR count). The van der Waals surface area contributed by atoms with Gasteiger partial charge >= 0.3 is 0 Å². The SMILES string of the molecule is C=C(CC(C)C(C)C(C)C(CC)CC)NC. The maximum absolute atomic E-state index is 4.03. The molecule has 0 saturated carbocycles. The maximum Gasteiger partial charge on any atom is 0.00338 e. The van der Waals surface area contributed by atoms with Crippen molar-refractivity contribution < 1.29 is 0 Å². The number of nitrogens with one attached hydrogen (secondary N) is 1. The summed E-state index contributed by atoms with van der Waals surface area (Å²) in [6.07, 6.45) is 3.71. The van der Waals surface area contributed by atoms with Crippen LogP contribution in [0, 0.1) is 23.7 Å². The van der Waals surface area contributed by atoms with E-state index in [-0.39, 0.29) is 0 Å². The van der Waals surface area contributed by atoms with Gasteiger partial charge < -0.3 is 5.32 Å². The van der Waals surface area contributed by atoms with Crippen LogP contribution >= 0.6 is 0 Å². The Morgan fingerprint density at radius 3 is 1.94 bits per heavy atom. The zero-order valence-electron chi connectivity index (χ0n) is 12.1. The van der Waals surface area contributed by atoms with Crippen LogP contribution in [-0.2, 0) is 0 Å². The Bertz CT molecular complexity index is 194. The highest BCUT2D eigenvalue weighted by Crippen LogP contribution is 2.32. The van der Waals surface area contributed by atoms with E-state index in [2.05, 4.69) is 46.5 Å². The van der Waals surface area contributed by atoms with Crippen molar-refractivity contribution in [2.75, 3.05) is 7.05 Å². The Kier molecular flexibility index (Phi) is 7.53. The standard InChI is InChI=1S/C15H31N/c1-8-15(9-2)14(6)13(5)11(3)10-12(4)16-7/h11,13-16H,4,8-10H2,1-3,5-7H3. The van der Waals surface area contributed by atoms with Gasteiger partial charge in [-0.25, -0.2) is 0 Å². The molecule has 0 bridgehead atoms. The van der Waals surface area contributed by atoms with Gasteiger partial charge in [0, 0.05) is 12.7 Å². The van der Waals surface area contributed by atoms with E-state index in [0.29, 0.717) is 0 Å². The first kappa shape index (κ1) is 15.5. The number of rotatable bonds is 8. The second-order valence-electron chi connectivity index (χ2n) is 5.33. The fourth-order valence-electron chi connectivity index (χ4n) is 2.66. The molecule has 1 nitrogen and oxygen atoms in total. The summed E-state index contributed by atoms with van der Waals surface area (Å²) in [6, 6.07) is 0. The van der Waals surface area contributed by atoms with Gasteiger partial charge in [-0.15, -0.1) is 0 Å². The quantitative estimate of drug-likeness (QED) is 0.643. The minimum absolute atomic E-state index is 0.718. The highest BCUT2D eigenvalue weighted by Gasteiger charge is 2.24. The summed E-state index contributed by atoms with van der Waals surface area (Å²) in [7, 11) is 1.96. The molecular weight excluding hydrogens is 194 g/mol. The van der Waals surface area contributed by atoms with Crippen molar-refractivity contribution >= 4 is 0 Å². The van der Waals surface area contributed by atoms with Crippen molar-refractivity contribution in [3.8, 4) is 0 Å². The zero-order chi connectivity index (χ0) is 12.7. The van der Waals surface area contributed by atoms with Gasteiger partial charge in [0.25, 0.3) is 0 Å². The van der Waals surface area contributed by atoms with Gasteiger partial charge in [-0.05, 0) is 30.1 Å². The zero-order valence-corrected chi connectivity index (χ0v) is 12.1. The summed E-state index contributed by atoms with van der Waals surface area (Å²) in [6.45, 7) is 15.8. The van der Waals surface area contributed by atoms with Crippen LogP contribution in [0.25, 0.3) is 0 Å². The Morgan fingerprint density at radius 1 is 1.06 bits per heavy atom. The molecule has 96 valence electrons. The average molecular weight is 225 g/mol. The van der Waals surface area contributed by atoms with Crippen LogP contribution in [0.2, 0.25) is 0 Å². The molecule has 3 unspecified atom stereocenters. The van der Waals surface area contributed by atoms with Crippen molar-refractivity contribution in [3.05, 3.63) is 12.3 Å². The Hall–Kier alpha value is -0.460. The van der Waals surface area contributed by atoms with Gasteiger partial charge in [0.2, 0.25) is 0 Å². The number of hydrogen-bond donors (Lipinski definition) is 1. The normalized spacial score (nSPS) is 16.9. The van der Waals surface area contributed by atoms with Gasteiger partial charge in [0.1, 0.15) is 0 Å². The smallest absolute Gasteiger partial charge is 0.00338 e. The third-order valence-electron chi connectivity index (χ3n) is 4.44. The Morgan fingerprint density at radius 2 is 1.56 bits per heavy atom. The van der Waals surface area contributed by atoms with Crippen LogP contribution in [-0.4, -0.2) is 7.05 Å². The van der Waals surface area contributed by atoms with Gasteiger partial charge in [-0.1, -0.05) is 54.0 Å². The minimum atomic E-state index is 0.718. The fraction of sp³-hybridized carbons (Fsp3) is 0.867. The van der Waals surface area contributed by atoms with Crippen molar-refractivity contribution in [1.82, 2.24) is 5.32 Å². The Balaban J connectivity index is 4.29. The van der Waals surface area contributed by atoms with Crippen LogP contribution in [0.4, 0.5) is 0 Å². The summed E-state index contributed by atoms with van der Waals surface area (Å²) in [5, 5.41) is 3.15. The molecule has 0 amide bonds. The van der Waals surface area contributed by atoms with Crippen LogP contribution < -0.4 is 5.32 Å². The molecule has 0 aliphatic heterocycles. The Labute approximate surface area is 103 Å². The molecule has 0 fully saturated rings. The molecule has 0 heterocycles. The van der Waals surface area contributed by atoms with Crippen LogP contribution in [0.5, 0.6) is 0 Å². The predicted molar refractivity (Wildman–Crippen MR) is 74.4 cm³/mol. The summed E-state index contributed by atoms with van der Waals surface area (Å²) < 4.78 is 0. The molecule has 0 aromatic carbocycles. The van der Waals surface area contributed by atoms with Crippen LogP contribution in [0.3, 0.4) is 0 Å². The molecule has 0 spiro atoms. The average Bonchev–Trinajstić information content (AvgIpc) is 2.29. The molecular formula is C15H31N. The summed E-state index contributed by atoms with van der Waals surface area (Å²) >= 11 is 0. The lowest BCUT2D eigenvalue weighted by Crippen LogP contribution is -2.24.